The molecule has 16 heavy (non-hydrogen) atoms. The van der Waals surface area contributed by atoms with E-state index in [4.69, 9.17) is 5.11 Å². The standard InChI is InChI=1S/C9H8F3NO3/c1-16-7(9(10,11)12)6-4-5(8(14)15)2-3-13-6/h2-4,7H,1H3,(H,14,15). The van der Waals surface area contributed by atoms with Crippen molar-refractivity contribution in [3.8, 4) is 0 Å². The average molecular weight is 235 g/mol. The number of carboxylic acids is 1. The van der Waals surface area contributed by atoms with Crippen molar-refractivity contribution in [3.05, 3.63) is 29.6 Å². The summed E-state index contributed by atoms with van der Waals surface area (Å²) >= 11 is 0. The summed E-state index contributed by atoms with van der Waals surface area (Å²) in [5.41, 5.74) is -0.744. The quantitative estimate of drug-likeness (QED) is 0.870. The van der Waals surface area contributed by atoms with E-state index in [0.29, 0.717) is 0 Å². The molecule has 1 unspecified atom stereocenters. The maximum atomic E-state index is 12.4. The Morgan fingerprint density at radius 3 is 2.62 bits per heavy atom. The third kappa shape index (κ3) is 2.69. The van der Waals surface area contributed by atoms with Crippen LogP contribution in [0.25, 0.3) is 0 Å². The Morgan fingerprint density at radius 2 is 2.19 bits per heavy atom. The molecule has 0 saturated heterocycles. The van der Waals surface area contributed by atoms with Crippen LogP contribution in [0.2, 0.25) is 0 Å². The highest BCUT2D eigenvalue weighted by Gasteiger charge is 2.42. The number of rotatable bonds is 3. The fraction of sp³-hybridized carbons (Fsp3) is 0.333. The Bertz CT molecular complexity index is 392. The smallest absolute Gasteiger partial charge is 0.420 e. The number of pyridine rings is 1. The summed E-state index contributed by atoms with van der Waals surface area (Å²) in [6, 6.07) is 1.94. The molecule has 1 heterocycles. The van der Waals surface area contributed by atoms with Gasteiger partial charge in [0.05, 0.1) is 11.3 Å². The Labute approximate surface area is 88.7 Å². The number of methoxy groups -OCH3 is 1. The molecular formula is C9H8F3NO3. The topological polar surface area (TPSA) is 59.4 Å². The van der Waals surface area contributed by atoms with Gasteiger partial charge in [0.2, 0.25) is 0 Å². The first-order chi connectivity index (χ1) is 7.36. The molecule has 0 aliphatic carbocycles. The second-order valence-electron chi connectivity index (χ2n) is 2.93. The number of halogens is 3. The van der Waals surface area contributed by atoms with Gasteiger partial charge in [-0.25, -0.2) is 4.79 Å². The lowest BCUT2D eigenvalue weighted by Gasteiger charge is -2.18. The van der Waals surface area contributed by atoms with E-state index in [0.717, 1.165) is 25.4 Å². The van der Waals surface area contributed by atoms with Crippen LogP contribution in [0.3, 0.4) is 0 Å². The average Bonchev–Trinajstić information content (AvgIpc) is 2.17. The number of nitrogens with zero attached hydrogens (tertiary/aromatic N) is 1. The Balaban J connectivity index is 3.11. The van der Waals surface area contributed by atoms with E-state index in [1.807, 2.05) is 0 Å². The van der Waals surface area contributed by atoms with E-state index < -0.39 is 23.9 Å². The van der Waals surface area contributed by atoms with Gasteiger partial charge in [-0.1, -0.05) is 0 Å². The first-order valence-corrected chi connectivity index (χ1v) is 4.15. The first-order valence-electron chi connectivity index (χ1n) is 4.15. The van der Waals surface area contributed by atoms with Crippen molar-refractivity contribution in [2.75, 3.05) is 7.11 Å². The van der Waals surface area contributed by atoms with Gasteiger partial charge in [0, 0.05) is 13.3 Å². The van der Waals surface area contributed by atoms with Crippen LogP contribution in [0.15, 0.2) is 18.3 Å². The molecule has 0 bridgehead atoms. The normalized spacial score (nSPS) is 13.5. The fourth-order valence-corrected chi connectivity index (χ4v) is 1.15. The van der Waals surface area contributed by atoms with Crippen molar-refractivity contribution >= 4 is 5.97 Å². The molecule has 0 radical (unpaired) electrons. The molecule has 7 heteroatoms. The van der Waals surface area contributed by atoms with Crippen molar-refractivity contribution in [1.29, 1.82) is 0 Å². The van der Waals surface area contributed by atoms with E-state index in [9.17, 15) is 18.0 Å². The number of aromatic nitrogens is 1. The Morgan fingerprint density at radius 1 is 1.56 bits per heavy atom. The van der Waals surface area contributed by atoms with Gasteiger partial charge in [-0.05, 0) is 12.1 Å². The van der Waals surface area contributed by atoms with Crippen LogP contribution in [0.4, 0.5) is 13.2 Å². The number of ether oxygens (including phenoxy) is 1. The number of aromatic carboxylic acids is 1. The first kappa shape index (κ1) is 12.4. The van der Waals surface area contributed by atoms with Gasteiger partial charge in [0.1, 0.15) is 0 Å². The van der Waals surface area contributed by atoms with Gasteiger partial charge in [-0.3, -0.25) is 4.98 Å². The summed E-state index contributed by atoms with van der Waals surface area (Å²) in [7, 11) is 0.882. The van der Waals surface area contributed by atoms with Crippen LogP contribution in [0.5, 0.6) is 0 Å². The zero-order valence-corrected chi connectivity index (χ0v) is 8.15. The molecule has 0 aliphatic heterocycles. The van der Waals surface area contributed by atoms with E-state index in [1.165, 1.54) is 0 Å². The molecule has 1 aromatic heterocycles. The van der Waals surface area contributed by atoms with E-state index in [1.54, 1.807) is 0 Å². The van der Waals surface area contributed by atoms with Crippen molar-refractivity contribution in [3.63, 3.8) is 0 Å². The van der Waals surface area contributed by atoms with Crippen LogP contribution >= 0.6 is 0 Å². The summed E-state index contributed by atoms with van der Waals surface area (Å²) in [5, 5.41) is 8.62. The maximum Gasteiger partial charge on any atom is 0.420 e. The van der Waals surface area contributed by atoms with E-state index >= 15 is 0 Å². The van der Waals surface area contributed by atoms with Gasteiger partial charge >= 0.3 is 12.1 Å². The number of carbonyl (C=O) groups is 1. The second kappa shape index (κ2) is 4.48. The van der Waals surface area contributed by atoms with Gasteiger partial charge in [-0.15, -0.1) is 0 Å². The molecule has 0 fully saturated rings. The molecule has 1 N–H and O–H groups in total. The minimum absolute atomic E-state index is 0.267. The molecule has 0 saturated carbocycles. The number of hydrogen-bond acceptors (Lipinski definition) is 3. The zero-order chi connectivity index (χ0) is 12.3. The van der Waals surface area contributed by atoms with Crippen molar-refractivity contribution < 1.29 is 27.8 Å². The van der Waals surface area contributed by atoms with Crippen LogP contribution in [0, 0.1) is 0 Å². The molecule has 1 aromatic rings. The number of hydrogen-bond donors (Lipinski definition) is 1. The summed E-state index contributed by atoms with van der Waals surface area (Å²) in [5.74, 6) is -1.32. The van der Waals surface area contributed by atoms with E-state index in [-0.39, 0.29) is 5.56 Å². The predicted molar refractivity (Wildman–Crippen MR) is 47.0 cm³/mol. The molecular weight excluding hydrogens is 227 g/mol. The van der Waals surface area contributed by atoms with Crippen molar-refractivity contribution in [2.45, 2.75) is 12.3 Å². The number of alkyl halides is 3. The molecule has 1 atom stereocenters. The van der Waals surface area contributed by atoms with Crippen LogP contribution < -0.4 is 0 Å². The van der Waals surface area contributed by atoms with Gasteiger partial charge in [-0.2, -0.15) is 13.2 Å². The highest BCUT2D eigenvalue weighted by Crippen LogP contribution is 2.34. The molecule has 1 rings (SSSR count). The number of carboxylic acid groups (broad SMARTS) is 1. The third-order valence-corrected chi connectivity index (χ3v) is 1.83. The van der Waals surface area contributed by atoms with Gasteiger partial charge in [0.25, 0.3) is 0 Å². The summed E-state index contributed by atoms with van der Waals surface area (Å²) < 4.78 is 41.5. The zero-order valence-electron chi connectivity index (χ0n) is 8.15. The van der Waals surface area contributed by atoms with Crippen LogP contribution in [-0.4, -0.2) is 29.3 Å². The molecule has 88 valence electrons. The van der Waals surface area contributed by atoms with Gasteiger partial charge < -0.3 is 9.84 Å². The highest BCUT2D eigenvalue weighted by atomic mass is 19.4. The van der Waals surface area contributed by atoms with Gasteiger partial charge in [0.15, 0.2) is 6.10 Å². The summed E-state index contributed by atoms with van der Waals surface area (Å²) in [6.07, 6.45) is -5.85. The second-order valence-corrected chi connectivity index (χ2v) is 2.93. The Hall–Kier alpha value is -1.63. The third-order valence-electron chi connectivity index (χ3n) is 1.83. The largest absolute Gasteiger partial charge is 0.478 e. The maximum absolute atomic E-state index is 12.4. The summed E-state index contributed by atoms with van der Waals surface area (Å²) in [4.78, 5) is 14.0. The monoisotopic (exact) mass is 235 g/mol. The van der Waals surface area contributed by atoms with Crippen LogP contribution in [-0.2, 0) is 4.74 Å². The molecule has 0 spiro atoms. The summed E-state index contributed by atoms with van der Waals surface area (Å²) in [6.45, 7) is 0. The van der Waals surface area contributed by atoms with Crippen molar-refractivity contribution in [1.82, 2.24) is 4.98 Å². The van der Waals surface area contributed by atoms with E-state index in [2.05, 4.69) is 9.72 Å². The van der Waals surface area contributed by atoms with Crippen LogP contribution in [0.1, 0.15) is 22.2 Å². The SMILES string of the molecule is COC(c1cc(C(=O)O)ccn1)C(F)(F)F. The minimum Gasteiger partial charge on any atom is -0.478 e. The fourth-order valence-electron chi connectivity index (χ4n) is 1.15. The molecule has 0 aromatic carbocycles. The lowest BCUT2D eigenvalue weighted by atomic mass is 10.1. The highest BCUT2D eigenvalue weighted by molar-refractivity contribution is 5.87. The predicted octanol–water partition coefficient (Wildman–Crippen LogP) is 2.03. The lowest BCUT2D eigenvalue weighted by molar-refractivity contribution is -0.217. The minimum atomic E-state index is -4.63. The lowest BCUT2D eigenvalue weighted by Crippen LogP contribution is -2.23. The van der Waals surface area contributed by atoms with Crippen molar-refractivity contribution in [2.24, 2.45) is 0 Å². The molecule has 4 nitrogen and oxygen atoms in total. The molecule has 0 amide bonds. The molecule has 0 aliphatic rings. The Kier molecular flexibility index (Phi) is 3.48.